The van der Waals surface area contributed by atoms with E-state index in [9.17, 15) is 29.1 Å². The molecule has 292 valence electrons. The van der Waals surface area contributed by atoms with Crippen molar-refractivity contribution in [1.82, 2.24) is 20.5 Å². The monoisotopic (exact) mass is 759 g/mol. The number of hydrogen-bond acceptors (Lipinski definition) is 7. The van der Waals surface area contributed by atoms with Gasteiger partial charge in [0.05, 0.1) is 5.41 Å². The Morgan fingerprint density at radius 1 is 0.893 bits per heavy atom. The Bertz CT molecular complexity index is 1950. The predicted molar refractivity (Wildman–Crippen MR) is 210 cm³/mol. The minimum Gasteiger partial charge on any atom is -0.484 e. The van der Waals surface area contributed by atoms with Crippen molar-refractivity contribution in [2.24, 2.45) is 5.41 Å². The van der Waals surface area contributed by atoms with E-state index >= 15 is 0 Å². The fourth-order valence-corrected chi connectivity index (χ4v) is 7.93. The van der Waals surface area contributed by atoms with Crippen molar-refractivity contribution in [3.63, 3.8) is 0 Å². The van der Waals surface area contributed by atoms with Crippen molar-refractivity contribution in [2.75, 3.05) is 18.1 Å². The van der Waals surface area contributed by atoms with E-state index in [-0.39, 0.29) is 43.1 Å². The van der Waals surface area contributed by atoms with Crippen LogP contribution in [0.1, 0.15) is 62.1 Å². The molecule has 3 N–H and O–H groups in total. The molecule has 0 spiro atoms. The number of rotatable bonds is 17. The van der Waals surface area contributed by atoms with E-state index in [0.717, 1.165) is 24.0 Å². The first kappa shape index (κ1) is 39.6. The molecule has 2 unspecified atom stereocenters. The Hall–Kier alpha value is -6.04. The van der Waals surface area contributed by atoms with Gasteiger partial charge in [-0.2, -0.15) is 0 Å². The van der Waals surface area contributed by atoms with E-state index in [1.54, 1.807) is 64.7 Å². The van der Waals surface area contributed by atoms with Gasteiger partial charge in [-0.15, -0.1) is 0 Å². The molecule has 1 saturated heterocycles. The molecule has 1 aliphatic carbocycles. The van der Waals surface area contributed by atoms with Gasteiger partial charge in [-0.05, 0) is 79.1 Å². The fourth-order valence-electron chi connectivity index (χ4n) is 7.93. The van der Waals surface area contributed by atoms with Gasteiger partial charge in [-0.25, -0.2) is 4.79 Å². The highest BCUT2D eigenvalue weighted by molar-refractivity contribution is 6.03. The van der Waals surface area contributed by atoms with Gasteiger partial charge in [0.1, 0.15) is 24.0 Å². The number of carboxylic acid groups (broad SMARTS) is 1. The Morgan fingerprint density at radius 2 is 1.57 bits per heavy atom. The average Bonchev–Trinajstić information content (AvgIpc) is 3.80. The maximum Gasteiger partial charge on any atom is 0.326 e. The first-order chi connectivity index (χ1) is 27.1. The highest BCUT2D eigenvalue weighted by Gasteiger charge is 2.49. The van der Waals surface area contributed by atoms with Gasteiger partial charge in [0.25, 0.3) is 11.8 Å². The van der Waals surface area contributed by atoms with E-state index in [2.05, 4.69) is 15.6 Å². The Morgan fingerprint density at radius 3 is 2.21 bits per heavy atom. The van der Waals surface area contributed by atoms with E-state index in [4.69, 9.17) is 4.74 Å². The standard InChI is InChI=1S/C44H49N5O7/c1-31(50)46-26-24-44(22-8-9-23-44)43(55)47-37(42(53)54)27-33-16-19-35(20-17-33)48-39(21-18-32-11-4-2-5-12-32)49(40(51)30-56-36-14-6-3-7-15-36)38(41(48)52)28-34-13-10-25-45-29-34/h2-7,10-17,19-20,25,29,37-39H,8-9,18,21-24,26-28,30H2,1H3,(H,46,50)(H,47,55)(H,53,54)/t37?,38-,39?/m1/s1. The van der Waals surface area contributed by atoms with E-state index in [1.807, 2.05) is 54.6 Å². The van der Waals surface area contributed by atoms with Crippen LogP contribution in [-0.2, 0) is 43.2 Å². The third kappa shape index (κ3) is 9.79. The Kier molecular flexibility index (Phi) is 13.1. The smallest absolute Gasteiger partial charge is 0.326 e. The number of nitrogens with zero attached hydrogens (tertiary/aromatic N) is 3. The zero-order chi connectivity index (χ0) is 39.5. The van der Waals surface area contributed by atoms with Crippen LogP contribution in [0.15, 0.2) is 109 Å². The van der Waals surface area contributed by atoms with Crippen LogP contribution in [0.25, 0.3) is 0 Å². The van der Waals surface area contributed by atoms with E-state index in [1.165, 1.54) is 6.92 Å². The molecule has 56 heavy (non-hydrogen) atoms. The molecular formula is C44H49N5O7. The molecule has 2 heterocycles. The van der Waals surface area contributed by atoms with Crippen LogP contribution in [0, 0.1) is 5.41 Å². The van der Waals surface area contributed by atoms with Crippen LogP contribution >= 0.6 is 0 Å². The molecule has 3 atom stereocenters. The van der Waals surface area contributed by atoms with Gasteiger partial charge in [-0.3, -0.25) is 29.1 Å². The van der Waals surface area contributed by atoms with Crippen molar-refractivity contribution in [1.29, 1.82) is 0 Å². The minimum absolute atomic E-state index is 0.0274. The summed E-state index contributed by atoms with van der Waals surface area (Å²) in [6.07, 6.45) is 7.48. The summed E-state index contributed by atoms with van der Waals surface area (Å²) < 4.78 is 5.90. The molecule has 4 aromatic rings. The number of hydrogen-bond donors (Lipinski definition) is 3. The number of carbonyl (C=O) groups excluding carboxylic acids is 4. The molecule has 6 rings (SSSR count). The molecule has 1 aliphatic heterocycles. The second-order valence-corrected chi connectivity index (χ2v) is 14.7. The number of benzene rings is 3. The largest absolute Gasteiger partial charge is 0.484 e. The lowest BCUT2D eigenvalue weighted by Crippen LogP contribution is -2.49. The lowest BCUT2D eigenvalue weighted by molar-refractivity contribution is -0.144. The second kappa shape index (κ2) is 18.5. The summed E-state index contributed by atoms with van der Waals surface area (Å²) in [7, 11) is 0. The zero-order valence-corrected chi connectivity index (χ0v) is 31.6. The number of amides is 4. The number of aryl methyl sites for hydroxylation is 1. The van der Waals surface area contributed by atoms with Crippen molar-refractivity contribution >= 4 is 35.3 Å². The Labute approximate surface area is 327 Å². The van der Waals surface area contributed by atoms with Crippen LogP contribution in [0.5, 0.6) is 5.75 Å². The van der Waals surface area contributed by atoms with E-state index < -0.39 is 29.6 Å². The number of carboxylic acids is 1. The number of nitrogens with one attached hydrogen (secondary N) is 2. The SMILES string of the molecule is CC(=O)NCCC1(C(=O)NC(Cc2ccc(N3C(=O)[C@@H](Cc4cccnc4)N(C(=O)COc4ccccc4)C3CCc3ccccc3)cc2)C(=O)O)CCCC1. The minimum atomic E-state index is -1.18. The van der Waals surface area contributed by atoms with E-state index in [0.29, 0.717) is 55.6 Å². The van der Waals surface area contributed by atoms with Crippen molar-refractivity contribution < 1.29 is 33.8 Å². The molecule has 4 amide bonds. The number of anilines is 1. The highest BCUT2D eigenvalue weighted by atomic mass is 16.5. The number of pyridine rings is 1. The molecule has 3 aromatic carbocycles. The van der Waals surface area contributed by atoms with Crippen molar-refractivity contribution in [2.45, 2.75) is 83.0 Å². The first-order valence-electron chi connectivity index (χ1n) is 19.3. The highest BCUT2D eigenvalue weighted by Crippen LogP contribution is 2.41. The molecular weight excluding hydrogens is 711 g/mol. The van der Waals surface area contributed by atoms with Crippen LogP contribution in [-0.4, -0.2) is 76.0 Å². The molecule has 12 nitrogen and oxygen atoms in total. The molecule has 0 bridgehead atoms. The normalized spacial score (nSPS) is 18.0. The van der Waals surface area contributed by atoms with Gasteiger partial charge < -0.3 is 25.4 Å². The maximum absolute atomic E-state index is 14.6. The lowest BCUT2D eigenvalue weighted by Gasteiger charge is -2.32. The van der Waals surface area contributed by atoms with Gasteiger partial charge in [0.15, 0.2) is 6.61 Å². The zero-order valence-electron chi connectivity index (χ0n) is 31.6. The summed E-state index contributed by atoms with van der Waals surface area (Å²) in [5, 5.41) is 15.7. The third-order valence-corrected chi connectivity index (χ3v) is 10.8. The molecule has 12 heteroatoms. The maximum atomic E-state index is 14.6. The number of aliphatic carboxylic acids is 1. The summed E-state index contributed by atoms with van der Waals surface area (Å²) in [6, 6.07) is 27.7. The van der Waals surface area contributed by atoms with Gasteiger partial charge in [0, 0.05) is 44.4 Å². The summed E-state index contributed by atoms with van der Waals surface area (Å²) in [5.41, 5.74) is 2.36. The van der Waals surface area contributed by atoms with Crippen LogP contribution in [0.2, 0.25) is 0 Å². The van der Waals surface area contributed by atoms with Crippen LogP contribution < -0.4 is 20.3 Å². The predicted octanol–water partition coefficient (Wildman–Crippen LogP) is 5.10. The lowest BCUT2D eigenvalue weighted by atomic mass is 9.81. The average molecular weight is 760 g/mol. The molecule has 1 saturated carbocycles. The summed E-state index contributed by atoms with van der Waals surface area (Å²) in [6.45, 7) is 1.51. The number of para-hydroxylation sites is 1. The molecule has 2 aliphatic rings. The molecule has 1 aromatic heterocycles. The quantitative estimate of drug-likeness (QED) is 0.134. The first-order valence-corrected chi connectivity index (χ1v) is 19.3. The van der Waals surface area contributed by atoms with Crippen LogP contribution in [0.4, 0.5) is 5.69 Å². The number of aromatic nitrogens is 1. The third-order valence-electron chi connectivity index (χ3n) is 10.8. The van der Waals surface area contributed by atoms with Gasteiger partial charge in [0.2, 0.25) is 11.8 Å². The van der Waals surface area contributed by atoms with Crippen molar-refractivity contribution in [3.8, 4) is 5.75 Å². The number of carbonyl (C=O) groups is 5. The second-order valence-electron chi connectivity index (χ2n) is 14.7. The Balaban J connectivity index is 1.25. The van der Waals surface area contributed by atoms with Gasteiger partial charge in [-0.1, -0.05) is 79.6 Å². The summed E-state index contributed by atoms with van der Waals surface area (Å²) in [4.78, 5) is 73.9. The van der Waals surface area contributed by atoms with Crippen molar-refractivity contribution in [3.05, 3.63) is 126 Å². The topological polar surface area (TPSA) is 158 Å². The van der Waals surface area contributed by atoms with Gasteiger partial charge >= 0.3 is 5.97 Å². The summed E-state index contributed by atoms with van der Waals surface area (Å²) in [5.74, 6) is -1.67. The number of ether oxygens (including phenoxy) is 1. The molecule has 2 fully saturated rings. The summed E-state index contributed by atoms with van der Waals surface area (Å²) >= 11 is 0. The van der Waals surface area contributed by atoms with Crippen LogP contribution in [0.3, 0.4) is 0 Å². The fraction of sp³-hybridized carbons (Fsp3) is 0.364. The molecule has 0 radical (unpaired) electrons.